The molecule has 53 heavy (non-hydrogen) atoms. The maximum atomic E-state index is 12.8. The highest BCUT2D eigenvalue weighted by Gasteiger charge is 2.27. The van der Waals surface area contributed by atoms with E-state index in [2.05, 4.69) is 37.4 Å². The number of aliphatic hydroxyl groups excluding tert-OH is 2. The summed E-state index contributed by atoms with van der Waals surface area (Å²) in [6, 6.07) is -0.903. The molecule has 1 amide bonds. The third-order valence-electron chi connectivity index (χ3n) is 8.45. The van der Waals surface area contributed by atoms with E-state index in [1.165, 1.54) is 51.4 Å². The number of carbonyl (C=O) groups excluding carboxylic acids is 1. The molecule has 4 N–H and O–H groups in total. The van der Waals surface area contributed by atoms with Gasteiger partial charge in [-0.25, -0.2) is 4.57 Å². The lowest BCUT2D eigenvalue weighted by atomic mass is 10.1. The van der Waals surface area contributed by atoms with Gasteiger partial charge in [0.05, 0.1) is 46.0 Å². The fourth-order valence-electron chi connectivity index (χ4n) is 5.11. The van der Waals surface area contributed by atoms with Crippen molar-refractivity contribution in [3.8, 4) is 0 Å². The Morgan fingerprint density at radius 1 is 0.698 bits per heavy atom. The first-order valence-corrected chi connectivity index (χ1v) is 21.9. The van der Waals surface area contributed by atoms with Crippen LogP contribution >= 0.6 is 7.82 Å². The second kappa shape index (κ2) is 34.4. The standard InChI is InChI=1S/C43H77N2O7P/c1-6-8-10-12-14-15-16-17-18-19-23-27-31-35-42(47)41(39-52-53(49,50)51-38-37-45(3,4)5)44-43(48)36-32-28-24-20-22-26-30-34-40(46)33-29-25-21-13-11-9-7-2/h10,12,20-21,24-26,29-31,33,35,40-42,46-47H,6-9,11,13-19,22-23,27-28,32,34,36-39H2,1-5H3,(H-,44,48,49,50)/p+1/b12-10-,24-20+,25-21-,30-26-,33-29-,35-31+/t40-,41-,42+/m0/s1. The van der Waals surface area contributed by atoms with E-state index in [9.17, 15) is 24.5 Å². The summed E-state index contributed by atoms with van der Waals surface area (Å²) in [7, 11) is 1.48. The fourth-order valence-corrected chi connectivity index (χ4v) is 5.85. The molecule has 0 aromatic heterocycles. The number of carbonyl (C=O) groups is 1. The lowest BCUT2D eigenvalue weighted by molar-refractivity contribution is -0.870. The molecule has 1 unspecified atom stereocenters. The zero-order chi connectivity index (χ0) is 39.5. The van der Waals surface area contributed by atoms with Crippen molar-refractivity contribution in [2.24, 2.45) is 0 Å². The Kier molecular flexibility index (Phi) is 33.0. The summed E-state index contributed by atoms with van der Waals surface area (Å²) in [5, 5.41) is 23.8. The first-order valence-electron chi connectivity index (χ1n) is 20.4. The minimum atomic E-state index is -4.37. The summed E-state index contributed by atoms with van der Waals surface area (Å²) in [6.45, 7) is 4.57. The van der Waals surface area contributed by atoms with E-state index < -0.39 is 26.1 Å². The topological polar surface area (TPSA) is 125 Å². The molecule has 0 heterocycles. The van der Waals surface area contributed by atoms with Crippen molar-refractivity contribution < 1.29 is 38.0 Å². The van der Waals surface area contributed by atoms with Crippen molar-refractivity contribution in [1.29, 1.82) is 0 Å². The van der Waals surface area contributed by atoms with E-state index >= 15 is 0 Å². The van der Waals surface area contributed by atoms with Crippen LogP contribution in [0.15, 0.2) is 72.9 Å². The van der Waals surface area contributed by atoms with Crippen LogP contribution in [0.5, 0.6) is 0 Å². The van der Waals surface area contributed by atoms with Gasteiger partial charge in [-0.3, -0.25) is 13.8 Å². The number of nitrogens with one attached hydrogen (secondary N) is 1. The third-order valence-corrected chi connectivity index (χ3v) is 9.44. The van der Waals surface area contributed by atoms with Crippen LogP contribution < -0.4 is 5.32 Å². The number of quaternary nitrogens is 1. The molecular weight excluding hydrogens is 687 g/mol. The molecule has 0 radical (unpaired) electrons. The molecule has 0 saturated heterocycles. The monoisotopic (exact) mass is 766 g/mol. The molecule has 0 aliphatic carbocycles. The number of allylic oxidation sites excluding steroid dienone is 9. The summed E-state index contributed by atoms with van der Waals surface area (Å²) < 4.78 is 23.4. The SMILES string of the molecule is CCC/C=C\CCCCCCCC/C=C/[C@@H](O)[C@H](COP(=O)(O)OCC[N+](C)(C)C)NC(=O)CCC/C=C/C/C=C\C[C@@H](O)/C=C\C=C/CCCCC. The van der Waals surface area contributed by atoms with E-state index in [1.54, 1.807) is 12.2 Å². The van der Waals surface area contributed by atoms with Gasteiger partial charge in [0.2, 0.25) is 5.91 Å². The highest BCUT2D eigenvalue weighted by molar-refractivity contribution is 7.47. The zero-order valence-electron chi connectivity index (χ0n) is 34.1. The smallest absolute Gasteiger partial charge is 0.389 e. The Labute approximate surface area is 324 Å². The van der Waals surface area contributed by atoms with Crippen LogP contribution in [-0.4, -0.2) is 84.6 Å². The zero-order valence-corrected chi connectivity index (χ0v) is 35.0. The molecule has 9 nitrogen and oxygen atoms in total. The lowest BCUT2D eigenvalue weighted by Crippen LogP contribution is -2.45. The molecular formula is C43H78N2O7P+. The number of rotatable bonds is 35. The molecule has 0 saturated carbocycles. The predicted octanol–water partition coefficient (Wildman–Crippen LogP) is 9.82. The number of likely N-dealkylation sites (N-methyl/N-ethyl adjacent to an activating group) is 1. The second-order valence-corrected chi connectivity index (χ2v) is 16.3. The van der Waals surface area contributed by atoms with Crippen molar-refractivity contribution in [3.05, 3.63) is 72.9 Å². The average Bonchev–Trinajstić information content (AvgIpc) is 3.10. The van der Waals surface area contributed by atoms with Gasteiger partial charge in [-0.1, -0.05) is 132 Å². The molecule has 0 fully saturated rings. The van der Waals surface area contributed by atoms with Gasteiger partial charge in [-0.2, -0.15) is 0 Å². The number of hydrogen-bond donors (Lipinski definition) is 4. The molecule has 0 rings (SSSR count). The molecule has 0 aromatic carbocycles. The van der Waals surface area contributed by atoms with Crippen molar-refractivity contribution in [2.45, 2.75) is 154 Å². The Hall–Kier alpha value is -2.10. The maximum Gasteiger partial charge on any atom is 0.472 e. The highest BCUT2D eigenvalue weighted by Crippen LogP contribution is 2.43. The van der Waals surface area contributed by atoms with Crippen LogP contribution in [0.2, 0.25) is 0 Å². The first-order chi connectivity index (χ1) is 25.4. The first kappa shape index (κ1) is 50.9. The molecule has 0 aliphatic rings. The summed E-state index contributed by atoms with van der Waals surface area (Å²) in [5.74, 6) is -0.267. The van der Waals surface area contributed by atoms with Gasteiger partial charge in [0.15, 0.2) is 0 Å². The molecule has 0 aliphatic heterocycles. The average molecular weight is 766 g/mol. The van der Waals surface area contributed by atoms with Gasteiger partial charge in [0.1, 0.15) is 13.2 Å². The van der Waals surface area contributed by atoms with Crippen molar-refractivity contribution in [2.75, 3.05) is 40.9 Å². The van der Waals surface area contributed by atoms with Crippen molar-refractivity contribution in [3.63, 3.8) is 0 Å². The van der Waals surface area contributed by atoms with Crippen molar-refractivity contribution >= 4 is 13.7 Å². The maximum absolute atomic E-state index is 12.8. The van der Waals surface area contributed by atoms with Gasteiger partial charge in [-0.15, -0.1) is 0 Å². The highest BCUT2D eigenvalue weighted by atomic mass is 31.2. The molecule has 306 valence electrons. The second-order valence-electron chi connectivity index (χ2n) is 14.8. The van der Waals surface area contributed by atoms with Crippen LogP contribution in [0.3, 0.4) is 0 Å². The van der Waals surface area contributed by atoms with Crippen LogP contribution in [0.25, 0.3) is 0 Å². The molecule has 0 spiro atoms. The predicted molar refractivity (Wildman–Crippen MR) is 222 cm³/mol. The van der Waals surface area contributed by atoms with E-state index in [-0.39, 0.29) is 25.5 Å². The van der Waals surface area contributed by atoms with Gasteiger partial charge >= 0.3 is 7.82 Å². The van der Waals surface area contributed by atoms with Gasteiger partial charge in [0, 0.05) is 6.42 Å². The lowest BCUT2D eigenvalue weighted by Gasteiger charge is -2.25. The normalized spacial score (nSPS) is 15.8. The number of phosphoric ester groups is 1. The summed E-state index contributed by atoms with van der Waals surface area (Å²) in [6.07, 6.45) is 41.4. The number of amides is 1. The van der Waals surface area contributed by atoms with Gasteiger partial charge in [0.25, 0.3) is 0 Å². The van der Waals surface area contributed by atoms with Crippen LogP contribution in [-0.2, 0) is 18.4 Å². The van der Waals surface area contributed by atoms with Crippen molar-refractivity contribution in [1.82, 2.24) is 5.32 Å². The molecule has 0 bridgehead atoms. The van der Waals surface area contributed by atoms with E-state index in [0.29, 0.717) is 30.3 Å². The third kappa shape index (κ3) is 36.6. The minimum Gasteiger partial charge on any atom is -0.389 e. The van der Waals surface area contributed by atoms with Gasteiger partial charge in [-0.05, 0) is 70.6 Å². The van der Waals surface area contributed by atoms with Gasteiger partial charge < -0.3 is 24.9 Å². The minimum absolute atomic E-state index is 0.0342. The molecule has 0 aromatic rings. The Bertz CT molecular complexity index is 1110. The van der Waals surface area contributed by atoms with Crippen LogP contribution in [0, 0.1) is 0 Å². The number of phosphoric acid groups is 1. The number of hydrogen-bond acceptors (Lipinski definition) is 6. The molecule has 4 atom stereocenters. The number of nitrogens with zero attached hydrogens (tertiary/aromatic N) is 1. The summed E-state index contributed by atoms with van der Waals surface area (Å²) >= 11 is 0. The number of unbranched alkanes of at least 4 members (excludes halogenated alkanes) is 12. The summed E-state index contributed by atoms with van der Waals surface area (Å²) in [4.78, 5) is 23.0. The Balaban J connectivity index is 4.69. The van der Waals surface area contributed by atoms with E-state index in [4.69, 9.17) is 9.05 Å². The molecule has 10 heteroatoms. The van der Waals surface area contributed by atoms with Crippen LogP contribution in [0.1, 0.15) is 136 Å². The summed E-state index contributed by atoms with van der Waals surface area (Å²) in [5.41, 5.74) is 0. The van der Waals surface area contributed by atoms with E-state index in [1.807, 2.05) is 63.7 Å². The quantitative estimate of drug-likeness (QED) is 0.0166. The fraction of sp³-hybridized carbons (Fsp3) is 0.698. The van der Waals surface area contributed by atoms with Crippen LogP contribution in [0.4, 0.5) is 0 Å². The Morgan fingerprint density at radius 2 is 1.30 bits per heavy atom. The number of aliphatic hydroxyl groups is 2. The largest absolute Gasteiger partial charge is 0.472 e. The Morgan fingerprint density at radius 3 is 2.00 bits per heavy atom. The van der Waals surface area contributed by atoms with E-state index in [0.717, 1.165) is 44.9 Å².